The van der Waals surface area contributed by atoms with Gasteiger partial charge in [0.2, 0.25) is 5.91 Å². The molecule has 0 aliphatic carbocycles. The number of rotatable bonds is 5. The monoisotopic (exact) mass is 238 g/mol. The largest absolute Gasteiger partial charge is 0.390 e. The number of pyridine rings is 1. The summed E-state index contributed by atoms with van der Waals surface area (Å²) >= 11 is 0. The summed E-state index contributed by atoms with van der Waals surface area (Å²) < 4.78 is 0. The van der Waals surface area contributed by atoms with Crippen molar-refractivity contribution in [3.63, 3.8) is 0 Å². The smallest absolute Gasteiger partial charge is 0.216 e. The molecule has 0 saturated carbocycles. The number of hydrogen-bond acceptors (Lipinski definition) is 4. The minimum absolute atomic E-state index is 0.152. The molecule has 1 heterocycles. The van der Waals surface area contributed by atoms with E-state index in [0.717, 1.165) is 5.56 Å². The number of nitrogens with zero attached hydrogens (tertiary/aromatic N) is 1. The summed E-state index contributed by atoms with van der Waals surface area (Å²) in [5.41, 5.74) is 1.31. The third kappa shape index (κ3) is 4.13. The molecule has 94 valence electrons. The van der Waals surface area contributed by atoms with Gasteiger partial charge in [-0.2, -0.15) is 0 Å². The van der Waals surface area contributed by atoms with Gasteiger partial charge in [-0.05, 0) is 25.0 Å². The predicted octanol–water partition coefficient (Wildman–Crippen LogP) is 0.311. The second-order valence-corrected chi connectivity index (χ2v) is 3.99. The quantitative estimate of drug-likeness (QED) is 0.689. The Morgan fingerprint density at radius 1 is 1.53 bits per heavy atom. The van der Waals surface area contributed by atoms with Crippen LogP contribution in [0.5, 0.6) is 0 Å². The molecule has 1 amide bonds. The fraction of sp³-hybridized carbons (Fsp3) is 0.500. The highest BCUT2D eigenvalue weighted by Gasteiger charge is 2.20. The van der Waals surface area contributed by atoms with Crippen molar-refractivity contribution in [2.24, 2.45) is 0 Å². The standard InChI is InChI=1S/C12H18N2O3/c1-8-4-3-6-14-11(8)12(17)10(16)5-7-13-9(2)15/h3-4,6,10,12,16-17H,5,7H2,1-2H3,(H,13,15). The summed E-state index contributed by atoms with van der Waals surface area (Å²) in [6, 6.07) is 3.60. The Morgan fingerprint density at radius 3 is 2.82 bits per heavy atom. The Labute approximate surface area is 101 Å². The lowest BCUT2D eigenvalue weighted by atomic mass is 10.0. The minimum Gasteiger partial charge on any atom is -0.390 e. The SMILES string of the molecule is CC(=O)NCCC(O)C(O)c1ncccc1C. The Bertz CT molecular complexity index is 382. The summed E-state index contributed by atoms with van der Waals surface area (Å²) in [5, 5.41) is 22.2. The number of aliphatic hydroxyl groups excluding tert-OH is 2. The van der Waals surface area contributed by atoms with E-state index in [9.17, 15) is 15.0 Å². The van der Waals surface area contributed by atoms with E-state index < -0.39 is 12.2 Å². The van der Waals surface area contributed by atoms with Crippen molar-refractivity contribution in [1.82, 2.24) is 10.3 Å². The zero-order valence-corrected chi connectivity index (χ0v) is 10.1. The average Bonchev–Trinajstić information content (AvgIpc) is 2.28. The molecule has 0 fully saturated rings. The lowest BCUT2D eigenvalue weighted by molar-refractivity contribution is -0.119. The van der Waals surface area contributed by atoms with Gasteiger partial charge >= 0.3 is 0 Å². The highest BCUT2D eigenvalue weighted by Crippen LogP contribution is 2.19. The second-order valence-electron chi connectivity index (χ2n) is 3.99. The van der Waals surface area contributed by atoms with Gasteiger partial charge in [0.1, 0.15) is 6.10 Å². The van der Waals surface area contributed by atoms with Crippen LogP contribution in [0, 0.1) is 6.92 Å². The number of hydrogen-bond donors (Lipinski definition) is 3. The zero-order valence-electron chi connectivity index (χ0n) is 10.1. The first-order valence-electron chi connectivity index (χ1n) is 5.54. The predicted molar refractivity (Wildman–Crippen MR) is 63.2 cm³/mol. The van der Waals surface area contributed by atoms with Crippen LogP contribution in [0.2, 0.25) is 0 Å². The highest BCUT2D eigenvalue weighted by molar-refractivity contribution is 5.72. The van der Waals surface area contributed by atoms with E-state index in [0.29, 0.717) is 12.2 Å². The third-order valence-corrected chi connectivity index (χ3v) is 2.51. The van der Waals surface area contributed by atoms with Gasteiger partial charge in [-0.3, -0.25) is 9.78 Å². The number of carbonyl (C=O) groups excluding carboxylic acids is 1. The topological polar surface area (TPSA) is 82.5 Å². The van der Waals surface area contributed by atoms with E-state index in [2.05, 4.69) is 10.3 Å². The molecular formula is C12H18N2O3. The van der Waals surface area contributed by atoms with Gasteiger partial charge in [-0.1, -0.05) is 6.07 Å². The van der Waals surface area contributed by atoms with Crippen LogP contribution in [0.3, 0.4) is 0 Å². The van der Waals surface area contributed by atoms with Crippen molar-refractivity contribution < 1.29 is 15.0 Å². The molecule has 0 aromatic carbocycles. The van der Waals surface area contributed by atoms with Crippen molar-refractivity contribution >= 4 is 5.91 Å². The number of carbonyl (C=O) groups is 1. The van der Waals surface area contributed by atoms with Gasteiger partial charge in [0.15, 0.2) is 0 Å². The molecular weight excluding hydrogens is 220 g/mol. The molecule has 2 unspecified atom stereocenters. The maximum absolute atomic E-state index is 10.7. The van der Waals surface area contributed by atoms with Crippen molar-refractivity contribution in [3.8, 4) is 0 Å². The van der Waals surface area contributed by atoms with Crippen LogP contribution in [0.1, 0.15) is 30.7 Å². The first-order valence-corrected chi connectivity index (χ1v) is 5.54. The number of aromatic nitrogens is 1. The molecule has 1 aromatic rings. The molecule has 5 nitrogen and oxygen atoms in total. The van der Waals surface area contributed by atoms with Crippen LogP contribution >= 0.6 is 0 Å². The molecule has 0 aliphatic rings. The Kier molecular flexibility index (Phi) is 5.06. The van der Waals surface area contributed by atoms with Crippen LogP contribution in [-0.2, 0) is 4.79 Å². The Hall–Kier alpha value is -1.46. The molecule has 2 atom stereocenters. The van der Waals surface area contributed by atoms with Gasteiger partial charge in [0.05, 0.1) is 11.8 Å². The summed E-state index contributed by atoms with van der Waals surface area (Å²) in [5.74, 6) is -0.152. The summed E-state index contributed by atoms with van der Waals surface area (Å²) in [7, 11) is 0. The summed E-state index contributed by atoms with van der Waals surface area (Å²) in [4.78, 5) is 14.7. The molecule has 0 saturated heterocycles. The molecule has 0 aliphatic heterocycles. The number of nitrogens with one attached hydrogen (secondary N) is 1. The van der Waals surface area contributed by atoms with E-state index >= 15 is 0 Å². The van der Waals surface area contributed by atoms with E-state index in [-0.39, 0.29) is 12.3 Å². The fourth-order valence-electron chi connectivity index (χ4n) is 1.54. The highest BCUT2D eigenvalue weighted by atomic mass is 16.3. The van der Waals surface area contributed by atoms with Gasteiger partial charge in [-0.15, -0.1) is 0 Å². The van der Waals surface area contributed by atoms with Crippen molar-refractivity contribution in [3.05, 3.63) is 29.6 Å². The normalized spacial score (nSPS) is 14.1. The van der Waals surface area contributed by atoms with Crippen LogP contribution in [0.15, 0.2) is 18.3 Å². The second kappa shape index (κ2) is 6.32. The van der Waals surface area contributed by atoms with Crippen LogP contribution in [0.4, 0.5) is 0 Å². The number of amides is 1. The van der Waals surface area contributed by atoms with Gasteiger partial charge in [-0.25, -0.2) is 0 Å². The first kappa shape index (κ1) is 13.6. The maximum atomic E-state index is 10.7. The molecule has 1 rings (SSSR count). The molecule has 17 heavy (non-hydrogen) atoms. The molecule has 1 aromatic heterocycles. The Balaban J connectivity index is 2.55. The summed E-state index contributed by atoms with van der Waals surface area (Å²) in [6.45, 7) is 3.57. The number of aryl methyl sites for hydroxylation is 1. The van der Waals surface area contributed by atoms with E-state index in [1.807, 2.05) is 13.0 Å². The molecule has 5 heteroatoms. The van der Waals surface area contributed by atoms with Gasteiger partial charge in [0, 0.05) is 19.7 Å². The lowest BCUT2D eigenvalue weighted by Gasteiger charge is -2.18. The van der Waals surface area contributed by atoms with Gasteiger partial charge in [0.25, 0.3) is 0 Å². The molecule has 0 spiro atoms. The third-order valence-electron chi connectivity index (χ3n) is 2.51. The van der Waals surface area contributed by atoms with Gasteiger partial charge < -0.3 is 15.5 Å². The lowest BCUT2D eigenvalue weighted by Crippen LogP contribution is -2.28. The molecule has 3 N–H and O–H groups in total. The van der Waals surface area contributed by atoms with Crippen LogP contribution < -0.4 is 5.32 Å². The van der Waals surface area contributed by atoms with E-state index in [4.69, 9.17) is 0 Å². The summed E-state index contributed by atoms with van der Waals surface area (Å²) in [6.07, 6.45) is -0.0940. The Morgan fingerprint density at radius 2 is 2.24 bits per heavy atom. The molecule has 0 bridgehead atoms. The first-order chi connectivity index (χ1) is 8.02. The number of aliphatic hydroxyl groups is 2. The maximum Gasteiger partial charge on any atom is 0.216 e. The van der Waals surface area contributed by atoms with E-state index in [1.165, 1.54) is 6.92 Å². The van der Waals surface area contributed by atoms with Crippen LogP contribution in [-0.4, -0.2) is 33.8 Å². The minimum atomic E-state index is -1.02. The van der Waals surface area contributed by atoms with Crippen molar-refractivity contribution in [1.29, 1.82) is 0 Å². The van der Waals surface area contributed by atoms with Crippen molar-refractivity contribution in [2.75, 3.05) is 6.54 Å². The van der Waals surface area contributed by atoms with Crippen LogP contribution in [0.25, 0.3) is 0 Å². The van der Waals surface area contributed by atoms with Crippen molar-refractivity contribution in [2.45, 2.75) is 32.5 Å². The fourth-order valence-corrected chi connectivity index (χ4v) is 1.54. The zero-order chi connectivity index (χ0) is 12.8. The molecule has 0 radical (unpaired) electrons. The van der Waals surface area contributed by atoms with E-state index in [1.54, 1.807) is 12.3 Å². The average molecular weight is 238 g/mol.